The molecular weight excluding hydrogens is 492 g/mol. The van der Waals surface area contributed by atoms with Crippen molar-refractivity contribution in [3.63, 3.8) is 0 Å². The Morgan fingerprint density at radius 2 is 1.89 bits per heavy atom. The van der Waals surface area contributed by atoms with Crippen LogP contribution in [-0.4, -0.2) is 47.3 Å². The minimum Gasteiger partial charge on any atom is -0.471 e. The van der Waals surface area contributed by atoms with Crippen molar-refractivity contribution in [1.82, 2.24) is 14.8 Å². The summed E-state index contributed by atoms with van der Waals surface area (Å²) in [4.78, 5) is 13.2. The van der Waals surface area contributed by atoms with Gasteiger partial charge in [0.15, 0.2) is 11.6 Å². The standard InChI is InChI=1S/C23H25ClN4O2.C3H6.C2H4O2/c1-16-7-10-25-15-20(16)26-22-14-21(17-3-2-4-18(24)13-17)28(27-22)19-5-8-23(9-6-19)29-11-12-30-23;1-3-2;1-4-2-3/h2-4,7,10,13-15,19H,5-6,8-9,11-12H2,1H3,(H,26,27);3H,1H2,2H3;2H,1H3. The van der Waals surface area contributed by atoms with Crippen molar-refractivity contribution in [2.24, 2.45) is 0 Å². The van der Waals surface area contributed by atoms with Crippen molar-refractivity contribution in [2.45, 2.75) is 51.4 Å². The molecule has 1 spiro atoms. The lowest BCUT2D eigenvalue weighted by molar-refractivity contribution is -0.181. The van der Waals surface area contributed by atoms with E-state index in [9.17, 15) is 0 Å². The first-order chi connectivity index (χ1) is 17.9. The van der Waals surface area contributed by atoms with Crippen LogP contribution in [0.15, 0.2) is 61.4 Å². The van der Waals surface area contributed by atoms with Gasteiger partial charge in [0.25, 0.3) is 6.47 Å². The maximum atomic E-state index is 8.95. The number of allylic oxidation sites excluding steroid dienone is 1. The quantitative estimate of drug-likeness (QED) is 0.300. The summed E-state index contributed by atoms with van der Waals surface area (Å²) in [5, 5.41) is 9.09. The summed E-state index contributed by atoms with van der Waals surface area (Å²) in [6.07, 6.45) is 9.06. The Kier molecular flexibility index (Phi) is 10.7. The predicted molar refractivity (Wildman–Crippen MR) is 146 cm³/mol. The van der Waals surface area contributed by atoms with E-state index in [0.29, 0.717) is 24.7 Å². The summed E-state index contributed by atoms with van der Waals surface area (Å²) >= 11 is 6.29. The van der Waals surface area contributed by atoms with Gasteiger partial charge in [-0.1, -0.05) is 29.8 Å². The molecule has 0 amide bonds. The monoisotopic (exact) mass is 526 g/mol. The molecule has 2 aromatic heterocycles. The number of aromatic nitrogens is 3. The van der Waals surface area contributed by atoms with Crippen molar-refractivity contribution < 1.29 is 19.0 Å². The number of benzene rings is 1. The highest BCUT2D eigenvalue weighted by Crippen LogP contribution is 2.42. The Balaban J connectivity index is 0.000000488. The predicted octanol–water partition coefficient (Wildman–Crippen LogP) is 6.49. The van der Waals surface area contributed by atoms with Crippen LogP contribution in [0.25, 0.3) is 11.3 Å². The number of carbonyl (C=O) groups excluding carboxylic acids is 1. The lowest BCUT2D eigenvalue weighted by atomic mass is 9.90. The van der Waals surface area contributed by atoms with Gasteiger partial charge in [-0.05, 0) is 50.5 Å². The minimum atomic E-state index is -0.381. The summed E-state index contributed by atoms with van der Waals surface area (Å²) in [6, 6.07) is 12.3. The molecule has 1 aliphatic heterocycles. The van der Waals surface area contributed by atoms with Gasteiger partial charge in [-0.2, -0.15) is 5.10 Å². The highest BCUT2D eigenvalue weighted by Gasteiger charge is 2.41. The van der Waals surface area contributed by atoms with E-state index in [0.717, 1.165) is 54.0 Å². The average Bonchev–Trinajstić information content (AvgIpc) is 3.54. The highest BCUT2D eigenvalue weighted by molar-refractivity contribution is 6.30. The van der Waals surface area contributed by atoms with Crippen LogP contribution in [0.1, 0.15) is 44.2 Å². The Morgan fingerprint density at radius 1 is 1.22 bits per heavy atom. The van der Waals surface area contributed by atoms with Crippen LogP contribution in [0.2, 0.25) is 5.02 Å². The van der Waals surface area contributed by atoms with Gasteiger partial charge in [0.2, 0.25) is 0 Å². The summed E-state index contributed by atoms with van der Waals surface area (Å²) in [7, 11) is 1.31. The molecule has 2 fully saturated rings. The first kappa shape index (κ1) is 28.4. The van der Waals surface area contributed by atoms with Gasteiger partial charge in [-0.25, -0.2) is 0 Å². The maximum absolute atomic E-state index is 8.95. The van der Waals surface area contributed by atoms with E-state index >= 15 is 0 Å². The Hall–Kier alpha value is -3.20. The summed E-state index contributed by atoms with van der Waals surface area (Å²) in [6.45, 7) is 9.07. The zero-order valence-electron chi connectivity index (χ0n) is 21.7. The van der Waals surface area contributed by atoms with Gasteiger partial charge in [0.1, 0.15) is 0 Å². The number of rotatable bonds is 5. The SMILES string of the molecule is C=CC.COC=O.Cc1ccncc1Nc1cc(-c2cccc(Cl)c2)n(C2CCC3(CC2)OCCO3)n1. The lowest BCUT2D eigenvalue weighted by Gasteiger charge is -2.35. The Labute approximate surface area is 223 Å². The zero-order valence-corrected chi connectivity index (χ0v) is 22.4. The third-order valence-corrected chi connectivity index (χ3v) is 6.37. The van der Waals surface area contributed by atoms with Gasteiger partial charge in [-0.3, -0.25) is 14.5 Å². The zero-order chi connectivity index (χ0) is 26.7. The molecule has 0 radical (unpaired) electrons. The summed E-state index contributed by atoms with van der Waals surface area (Å²) in [5.41, 5.74) is 4.18. The molecule has 37 heavy (non-hydrogen) atoms. The fourth-order valence-electron chi connectivity index (χ4n) is 4.40. The van der Waals surface area contributed by atoms with Gasteiger partial charge in [0.05, 0.1) is 43.9 Å². The van der Waals surface area contributed by atoms with Gasteiger partial charge < -0.3 is 19.5 Å². The van der Waals surface area contributed by atoms with E-state index < -0.39 is 0 Å². The van der Waals surface area contributed by atoms with Crippen molar-refractivity contribution in [2.75, 3.05) is 25.6 Å². The van der Waals surface area contributed by atoms with Crippen molar-refractivity contribution in [3.8, 4) is 11.3 Å². The molecular formula is C28H35ClN4O4. The number of hydrogen-bond acceptors (Lipinski definition) is 7. The Bertz CT molecular complexity index is 1150. The first-order valence-electron chi connectivity index (χ1n) is 12.3. The summed E-state index contributed by atoms with van der Waals surface area (Å²) in [5.74, 6) is 0.419. The molecule has 9 heteroatoms. The molecule has 0 atom stereocenters. The number of halogens is 1. The van der Waals surface area contributed by atoms with Crippen LogP contribution in [0.4, 0.5) is 11.5 Å². The molecule has 0 bridgehead atoms. The molecule has 198 valence electrons. The number of nitrogens with one attached hydrogen (secondary N) is 1. The normalized spacial score (nSPS) is 16.1. The molecule has 3 aromatic rings. The van der Waals surface area contributed by atoms with Crippen LogP contribution in [0.5, 0.6) is 0 Å². The summed E-state index contributed by atoms with van der Waals surface area (Å²) < 4.78 is 17.8. The van der Waals surface area contributed by atoms with E-state index in [2.05, 4.69) is 45.4 Å². The molecule has 3 heterocycles. The molecule has 1 aromatic carbocycles. The largest absolute Gasteiger partial charge is 0.471 e. The molecule has 1 saturated heterocycles. The highest BCUT2D eigenvalue weighted by atomic mass is 35.5. The fourth-order valence-corrected chi connectivity index (χ4v) is 4.59. The van der Waals surface area contributed by atoms with Crippen molar-refractivity contribution in [1.29, 1.82) is 0 Å². The van der Waals surface area contributed by atoms with Crippen LogP contribution in [0.3, 0.4) is 0 Å². The first-order valence-corrected chi connectivity index (χ1v) is 12.7. The van der Waals surface area contributed by atoms with Crippen LogP contribution in [-0.2, 0) is 19.0 Å². The molecule has 5 rings (SSSR count). The van der Waals surface area contributed by atoms with E-state index in [1.165, 1.54) is 7.11 Å². The number of anilines is 2. The van der Waals surface area contributed by atoms with E-state index in [-0.39, 0.29) is 11.8 Å². The average molecular weight is 527 g/mol. The van der Waals surface area contributed by atoms with E-state index in [1.54, 1.807) is 12.3 Å². The second kappa shape index (κ2) is 13.9. The van der Waals surface area contributed by atoms with E-state index in [1.807, 2.05) is 37.4 Å². The molecule has 1 N–H and O–H groups in total. The number of pyridine rings is 1. The third-order valence-electron chi connectivity index (χ3n) is 6.13. The number of aryl methyl sites for hydroxylation is 1. The minimum absolute atomic E-state index is 0.281. The second-order valence-corrected chi connectivity index (χ2v) is 9.20. The van der Waals surface area contributed by atoms with Crippen molar-refractivity contribution in [3.05, 3.63) is 72.0 Å². The smallest absolute Gasteiger partial charge is 0.292 e. The topological polar surface area (TPSA) is 87.5 Å². The number of ether oxygens (including phenoxy) is 3. The number of methoxy groups -OCH3 is 1. The fraction of sp³-hybridized carbons (Fsp3) is 0.393. The van der Waals surface area contributed by atoms with Crippen molar-refractivity contribution >= 4 is 29.6 Å². The van der Waals surface area contributed by atoms with Gasteiger partial charge in [-0.15, -0.1) is 6.58 Å². The molecule has 1 saturated carbocycles. The molecule has 1 aliphatic carbocycles. The Morgan fingerprint density at radius 3 is 2.49 bits per heavy atom. The lowest BCUT2D eigenvalue weighted by Crippen LogP contribution is -2.36. The van der Waals surface area contributed by atoms with Crippen LogP contribution >= 0.6 is 11.6 Å². The molecule has 8 nitrogen and oxygen atoms in total. The number of carbonyl (C=O) groups is 1. The second-order valence-electron chi connectivity index (χ2n) is 8.76. The molecule has 2 aliphatic rings. The molecule has 0 unspecified atom stereocenters. The van der Waals surface area contributed by atoms with Crippen LogP contribution in [0, 0.1) is 6.92 Å². The number of hydrogen-bond donors (Lipinski definition) is 1. The number of nitrogens with zero attached hydrogens (tertiary/aromatic N) is 3. The van der Waals surface area contributed by atoms with E-state index in [4.69, 9.17) is 31.0 Å². The van der Waals surface area contributed by atoms with Gasteiger partial charge >= 0.3 is 0 Å². The third kappa shape index (κ3) is 7.64. The van der Waals surface area contributed by atoms with Gasteiger partial charge in [0, 0.05) is 35.7 Å². The van der Waals surface area contributed by atoms with Crippen LogP contribution < -0.4 is 5.32 Å². The maximum Gasteiger partial charge on any atom is 0.292 e.